The highest BCUT2D eigenvalue weighted by atomic mass is 16.5. The van der Waals surface area contributed by atoms with Gasteiger partial charge in [0, 0.05) is 42.8 Å². The van der Waals surface area contributed by atoms with Gasteiger partial charge >= 0.3 is 0 Å². The van der Waals surface area contributed by atoms with Crippen LogP contribution in [0.4, 0.5) is 0 Å². The fraction of sp³-hybridized carbons (Fsp3) is 0.429. The van der Waals surface area contributed by atoms with Gasteiger partial charge in [-0.05, 0) is 73.2 Å². The Hall–Kier alpha value is -2.96. The zero-order valence-corrected chi connectivity index (χ0v) is 20.2. The third kappa shape index (κ3) is 5.93. The van der Waals surface area contributed by atoms with Gasteiger partial charge in [0.15, 0.2) is 0 Å². The van der Waals surface area contributed by atoms with Crippen molar-refractivity contribution in [3.05, 3.63) is 71.4 Å². The number of rotatable bonds is 9. The maximum atomic E-state index is 12.7. The molecule has 34 heavy (non-hydrogen) atoms. The number of hydrogen-bond acceptors (Lipinski definition) is 5. The number of aliphatic hydroxyl groups excluding tert-OH is 1. The zero-order valence-electron chi connectivity index (χ0n) is 20.2. The van der Waals surface area contributed by atoms with Gasteiger partial charge in [-0.1, -0.05) is 25.5 Å². The van der Waals surface area contributed by atoms with Gasteiger partial charge in [0.1, 0.15) is 5.75 Å². The molecule has 1 atom stereocenters. The van der Waals surface area contributed by atoms with Crippen LogP contribution in [0.15, 0.2) is 54.7 Å². The number of fused-ring (bicyclic) bond motifs is 1. The molecule has 0 spiro atoms. The van der Waals surface area contributed by atoms with Crippen LogP contribution in [0.3, 0.4) is 0 Å². The van der Waals surface area contributed by atoms with Crippen molar-refractivity contribution in [2.75, 3.05) is 26.7 Å². The van der Waals surface area contributed by atoms with Crippen LogP contribution >= 0.6 is 0 Å². The average Bonchev–Trinajstić information content (AvgIpc) is 2.88. The van der Waals surface area contributed by atoms with Gasteiger partial charge in [0.05, 0.1) is 18.7 Å². The number of likely N-dealkylation sites (tertiary alicyclic amines) is 1. The monoisotopic (exact) mass is 461 g/mol. The van der Waals surface area contributed by atoms with Crippen LogP contribution in [0.2, 0.25) is 0 Å². The number of nitrogens with zero attached hydrogens (tertiary/aromatic N) is 2. The fourth-order valence-corrected chi connectivity index (χ4v) is 4.64. The first kappa shape index (κ1) is 24.2. The van der Waals surface area contributed by atoms with E-state index in [1.165, 1.54) is 18.4 Å². The number of benzene rings is 2. The molecule has 1 fully saturated rings. The quantitative estimate of drug-likeness (QED) is 0.490. The summed E-state index contributed by atoms with van der Waals surface area (Å²) in [6.45, 7) is 4.41. The van der Waals surface area contributed by atoms with E-state index in [0.717, 1.165) is 60.1 Å². The molecule has 3 aromatic rings. The summed E-state index contributed by atoms with van der Waals surface area (Å²) in [5.74, 6) is 0.749. The zero-order chi connectivity index (χ0) is 23.9. The van der Waals surface area contributed by atoms with Crippen LogP contribution in [-0.4, -0.2) is 53.7 Å². The molecule has 2 heterocycles. The second kappa shape index (κ2) is 11.4. The van der Waals surface area contributed by atoms with Gasteiger partial charge in [-0.2, -0.15) is 0 Å². The van der Waals surface area contributed by atoms with Gasteiger partial charge in [0.25, 0.3) is 5.91 Å². The largest absolute Gasteiger partial charge is 0.497 e. The summed E-state index contributed by atoms with van der Waals surface area (Å²) in [5.41, 5.74) is 3.71. The van der Waals surface area contributed by atoms with Gasteiger partial charge in [0.2, 0.25) is 0 Å². The van der Waals surface area contributed by atoms with Crippen molar-refractivity contribution in [3.63, 3.8) is 0 Å². The predicted molar refractivity (Wildman–Crippen MR) is 135 cm³/mol. The van der Waals surface area contributed by atoms with Crippen molar-refractivity contribution in [3.8, 4) is 5.75 Å². The van der Waals surface area contributed by atoms with Gasteiger partial charge < -0.3 is 20.1 Å². The first-order valence-electron chi connectivity index (χ1n) is 12.3. The average molecular weight is 462 g/mol. The third-order valence-corrected chi connectivity index (χ3v) is 6.73. The highest BCUT2D eigenvalue weighted by Crippen LogP contribution is 2.27. The number of nitrogens with one attached hydrogen (secondary N) is 1. The standard InChI is InChI=1S/C28H35N3O3/c1-3-4-5-20-6-8-21(9-7-20)28(33)30-22-13-16-31(17-14-22)19-27(32)24-12-15-29-26-11-10-23(34-2)18-25(24)26/h6-12,15,18,22,27,32H,3-5,13-14,16-17,19H2,1-2H3,(H,30,33)/t27-/m0/s1. The molecule has 180 valence electrons. The highest BCUT2D eigenvalue weighted by Gasteiger charge is 2.24. The number of ether oxygens (including phenoxy) is 1. The molecule has 6 nitrogen and oxygen atoms in total. The smallest absolute Gasteiger partial charge is 0.251 e. The minimum Gasteiger partial charge on any atom is -0.497 e. The van der Waals surface area contributed by atoms with Crippen LogP contribution in [0.25, 0.3) is 10.9 Å². The number of aromatic nitrogens is 1. The molecule has 1 aliphatic heterocycles. The lowest BCUT2D eigenvalue weighted by Crippen LogP contribution is -2.45. The van der Waals surface area contributed by atoms with Crippen molar-refractivity contribution in [2.45, 2.75) is 51.2 Å². The first-order valence-corrected chi connectivity index (χ1v) is 12.3. The number of unbranched alkanes of at least 4 members (excludes halogenated alkanes) is 1. The van der Waals surface area contributed by atoms with E-state index in [1.807, 2.05) is 36.4 Å². The molecule has 1 aromatic heterocycles. The van der Waals surface area contributed by atoms with Crippen molar-refractivity contribution in [2.24, 2.45) is 0 Å². The van der Waals surface area contributed by atoms with E-state index in [1.54, 1.807) is 13.3 Å². The molecule has 0 unspecified atom stereocenters. The van der Waals surface area contributed by atoms with Crippen LogP contribution in [0, 0.1) is 0 Å². The summed E-state index contributed by atoms with van der Waals surface area (Å²) in [7, 11) is 1.64. The Kier molecular flexibility index (Phi) is 8.14. The van der Waals surface area contributed by atoms with Crippen molar-refractivity contribution >= 4 is 16.8 Å². The summed E-state index contributed by atoms with van der Waals surface area (Å²) < 4.78 is 5.35. The lowest BCUT2D eigenvalue weighted by Gasteiger charge is -2.33. The number of amides is 1. The second-order valence-corrected chi connectivity index (χ2v) is 9.15. The maximum absolute atomic E-state index is 12.7. The summed E-state index contributed by atoms with van der Waals surface area (Å²) in [4.78, 5) is 19.4. The number of pyridine rings is 1. The maximum Gasteiger partial charge on any atom is 0.251 e. The molecule has 2 aromatic carbocycles. The number of hydrogen-bond donors (Lipinski definition) is 2. The number of β-amino-alcohol motifs (C(OH)–C–C–N with tert-alkyl or cyclic N) is 1. The minimum atomic E-state index is -0.616. The van der Waals surface area contributed by atoms with Crippen molar-refractivity contribution in [1.82, 2.24) is 15.2 Å². The normalized spacial score (nSPS) is 15.9. The van der Waals surface area contributed by atoms with Crippen LogP contribution in [-0.2, 0) is 6.42 Å². The topological polar surface area (TPSA) is 74.7 Å². The number of aliphatic hydroxyl groups is 1. The Morgan fingerprint density at radius 2 is 1.94 bits per heavy atom. The second-order valence-electron chi connectivity index (χ2n) is 9.15. The van der Waals surface area contributed by atoms with Crippen LogP contribution in [0.1, 0.15) is 60.2 Å². The molecule has 4 rings (SSSR count). The van der Waals surface area contributed by atoms with E-state index in [-0.39, 0.29) is 11.9 Å². The molecule has 1 amide bonds. The van der Waals surface area contributed by atoms with E-state index < -0.39 is 6.10 Å². The molecular formula is C28H35N3O3. The first-order chi connectivity index (χ1) is 16.6. The molecule has 1 saturated heterocycles. The molecular weight excluding hydrogens is 426 g/mol. The van der Waals surface area contributed by atoms with Gasteiger partial charge in [-0.25, -0.2) is 0 Å². The van der Waals surface area contributed by atoms with E-state index in [0.29, 0.717) is 6.54 Å². The Balaban J connectivity index is 1.29. The lowest BCUT2D eigenvalue weighted by molar-refractivity contribution is 0.0831. The molecule has 6 heteroatoms. The summed E-state index contributed by atoms with van der Waals surface area (Å²) in [6, 6.07) is 15.8. The molecule has 2 N–H and O–H groups in total. The molecule has 1 aliphatic rings. The molecule has 0 saturated carbocycles. The van der Waals surface area contributed by atoms with E-state index >= 15 is 0 Å². The number of methoxy groups -OCH3 is 1. The predicted octanol–water partition coefficient (Wildman–Crippen LogP) is 4.51. The number of piperidine rings is 1. The van der Waals surface area contributed by atoms with E-state index in [4.69, 9.17) is 4.74 Å². The molecule has 0 radical (unpaired) electrons. The van der Waals surface area contributed by atoms with Crippen LogP contribution < -0.4 is 10.1 Å². The Morgan fingerprint density at radius 3 is 2.65 bits per heavy atom. The number of carbonyl (C=O) groups excluding carboxylic acids is 1. The Bertz CT molecular complexity index is 1090. The molecule has 0 aliphatic carbocycles. The number of carbonyl (C=O) groups is 1. The van der Waals surface area contributed by atoms with E-state index in [2.05, 4.69) is 34.3 Å². The summed E-state index contributed by atoms with van der Waals surface area (Å²) in [6.07, 6.45) is 6.28. The van der Waals surface area contributed by atoms with Gasteiger partial charge in [-0.15, -0.1) is 0 Å². The fourth-order valence-electron chi connectivity index (χ4n) is 4.64. The van der Waals surface area contributed by atoms with Crippen molar-refractivity contribution in [1.29, 1.82) is 0 Å². The highest BCUT2D eigenvalue weighted by molar-refractivity contribution is 5.94. The lowest BCUT2D eigenvalue weighted by atomic mass is 10.0. The van der Waals surface area contributed by atoms with Crippen LogP contribution in [0.5, 0.6) is 5.75 Å². The Morgan fingerprint density at radius 1 is 1.18 bits per heavy atom. The van der Waals surface area contributed by atoms with Gasteiger partial charge in [-0.3, -0.25) is 9.78 Å². The minimum absolute atomic E-state index is 0.00210. The van der Waals surface area contributed by atoms with E-state index in [9.17, 15) is 9.90 Å². The Labute approximate surface area is 202 Å². The summed E-state index contributed by atoms with van der Waals surface area (Å²) >= 11 is 0. The summed E-state index contributed by atoms with van der Waals surface area (Å²) in [5, 5.41) is 15.1. The molecule has 0 bridgehead atoms. The third-order valence-electron chi connectivity index (χ3n) is 6.73. The number of aryl methyl sites for hydroxylation is 1. The SMILES string of the molecule is CCCCc1ccc(C(=O)NC2CCN(C[C@H](O)c3ccnc4ccc(OC)cc34)CC2)cc1. The van der Waals surface area contributed by atoms with Crippen molar-refractivity contribution < 1.29 is 14.6 Å².